The number of nitrogens with zero attached hydrogens (tertiary/aromatic N) is 2. The van der Waals surface area contributed by atoms with Gasteiger partial charge in [0.15, 0.2) is 0 Å². The molecule has 0 spiro atoms. The van der Waals surface area contributed by atoms with Crippen molar-refractivity contribution in [3.8, 4) is 0 Å². The van der Waals surface area contributed by atoms with Crippen LogP contribution in [0.2, 0.25) is 4.34 Å². The predicted octanol–water partition coefficient (Wildman–Crippen LogP) is 1.72. The highest BCUT2D eigenvalue weighted by Gasteiger charge is 2.44. The highest BCUT2D eigenvalue weighted by molar-refractivity contribution is 7.92. The molecule has 178 valence electrons. The molecule has 3 heterocycles. The Balaban J connectivity index is 1.73. The number of nitrogens with one attached hydrogen (secondary N) is 1. The number of morpholine rings is 1. The molecule has 0 aromatic carbocycles. The molecular weight excluding hydrogens is 501 g/mol. The first-order valence-electron chi connectivity index (χ1n) is 9.98. The monoisotopic (exact) mass is 525 g/mol. The van der Waals surface area contributed by atoms with Crippen LogP contribution in [-0.2, 0) is 29.1 Å². The number of hydrogen-bond donors (Lipinski definition) is 1. The topological polar surface area (TPSA) is 105 Å². The molecule has 3 rings (SSSR count). The van der Waals surface area contributed by atoms with Gasteiger partial charge in [0.2, 0.25) is 21.8 Å². The number of thiophene rings is 1. The number of sulfonamides is 1. The van der Waals surface area contributed by atoms with Crippen molar-refractivity contribution < 1.29 is 27.5 Å². The van der Waals surface area contributed by atoms with Crippen LogP contribution in [0.5, 0.6) is 0 Å². The summed E-state index contributed by atoms with van der Waals surface area (Å²) < 4.78 is 38.7. The Labute approximate surface area is 201 Å². The van der Waals surface area contributed by atoms with Gasteiger partial charge in [-0.1, -0.05) is 23.2 Å². The van der Waals surface area contributed by atoms with Gasteiger partial charge in [-0.3, -0.25) is 9.59 Å². The first-order chi connectivity index (χ1) is 15.1. The van der Waals surface area contributed by atoms with Crippen LogP contribution in [-0.4, -0.2) is 88.2 Å². The lowest BCUT2D eigenvalue weighted by Gasteiger charge is -2.36. The molecule has 0 radical (unpaired) electrons. The van der Waals surface area contributed by atoms with Crippen LogP contribution >= 0.6 is 34.5 Å². The van der Waals surface area contributed by atoms with Crippen molar-refractivity contribution in [2.24, 2.45) is 0 Å². The minimum Gasteiger partial charge on any atom is -0.379 e. The van der Waals surface area contributed by atoms with Gasteiger partial charge in [0.05, 0.1) is 34.1 Å². The van der Waals surface area contributed by atoms with Crippen LogP contribution in [0.4, 0.5) is 0 Å². The first kappa shape index (κ1) is 25.4. The minimum atomic E-state index is -4.02. The fraction of sp³-hybridized carbons (Fsp3) is 0.579. The SMILES string of the molecule is CO[C@H](C)[C@@H](C(=O)N1CCOCC1)N1CC[C@H](NS(=O)(=O)/C=C(\Cl)c2ccc(Cl)s2)C1=O. The van der Waals surface area contributed by atoms with Crippen LogP contribution in [0, 0.1) is 0 Å². The summed E-state index contributed by atoms with van der Waals surface area (Å²) in [6, 6.07) is 1.36. The fourth-order valence-corrected chi connectivity index (χ4v) is 6.28. The van der Waals surface area contributed by atoms with Gasteiger partial charge in [-0.15, -0.1) is 11.3 Å². The smallest absolute Gasteiger partial charge is 0.248 e. The summed E-state index contributed by atoms with van der Waals surface area (Å²) >= 11 is 13.1. The zero-order valence-corrected chi connectivity index (χ0v) is 20.8. The summed E-state index contributed by atoms with van der Waals surface area (Å²) in [5.41, 5.74) is 0. The van der Waals surface area contributed by atoms with Crippen molar-refractivity contribution in [3.63, 3.8) is 0 Å². The Morgan fingerprint density at radius 2 is 2.03 bits per heavy atom. The van der Waals surface area contributed by atoms with E-state index in [0.717, 1.165) is 16.7 Å². The molecule has 13 heteroatoms. The summed E-state index contributed by atoms with van der Waals surface area (Å²) in [7, 11) is -2.56. The van der Waals surface area contributed by atoms with E-state index >= 15 is 0 Å². The molecule has 2 saturated heterocycles. The first-order valence-corrected chi connectivity index (χ1v) is 13.1. The summed E-state index contributed by atoms with van der Waals surface area (Å²) in [6.45, 7) is 3.65. The van der Waals surface area contributed by atoms with Crippen molar-refractivity contribution in [2.45, 2.75) is 31.5 Å². The van der Waals surface area contributed by atoms with Crippen molar-refractivity contribution in [3.05, 3.63) is 26.8 Å². The van der Waals surface area contributed by atoms with Crippen LogP contribution in [0.1, 0.15) is 18.2 Å². The standard InChI is InChI=1S/C19H25Cl2N3O6S2/c1-12(29-2)17(19(26)23-7-9-30-10-8-23)24-6-5-14(18(24)25)22-32(27,28)11-13(20)15-3-4-16(21)31-15/h3-4,11-12,14,17,22H,5-10H2,1-2H3/b13-11-/t12-,14+,17+/m1/s1. The third-order valence-electron chi connectivity index (χ3n) is 5.34. The van der Waals surface area contributed by atoms with Crippen molar-refractivity contribution in [2.75, 3.05) is 40.0 Å². The average Bonchev–Trinajstić information content (AvgIpc) is 3.34. The number of likely N-dealkylation sites (tertiary alicyclic amines) is 1. The molecule has 9 nitrogen and oxygen atoms in total. The van der Waals surface area contributed by atoms with E-state index < -0.39 is 34.1 Å². The lowest BCUT2D eigenvalue weighted by Crippen LogP contribution is -2.57. The number of carbonyl (C=O) groups is 2. The summed E-state index contributed by atoms with van der Waals surface area (Å²) in [5, 5.41) is 0.853. The normalized spacial score (nSPS) is 22.3. The highest BCUT2D eigenvalue weighted by Crippen LogP contribution is 2.30. The van der Waals surface area contributed by atoms with E-state index in [-0.39, 0.29) is 23.9 Å². The highest BCUT2D eigenvalue weighted by atomic mass is 35.5. The number of halogens is 2. The quantitative estimate of drug-likeness (QED) is 0.553. The van der Waals surface area contributed by atoms with Crippen LogP contribution in [0.15, 0.2) is 17.5 Å². The maximum Gasteiger partial charge on any atom is 0.248 e. The summed E-state index contributed by atoms with van der Waals surface area (Å²) in [6.07, 6.45) is -0.347. The van der Waals surface area contributed by atoms with Crippen LogP contribution < -0.4 is 4.72 Å². The maximum atomic E-state index is 13.1. The van der Waals surface area contributed by atoms with E-state index in [2.05, 4.69) is 4.72 Å². The lowest BCUT2D eigenvalue weighted by molar-refractivity contribution is -0.152. The van der Waals surface area contributed by atoms with Crippen molar-refractivity contribution >= 4 is 61.4 Å². The number of amides is 2. The number of carbonyl (C=O) groups excluding carboxylic acids is 2. The lowest BCUT2D eigenvalue weighted by atomic mass is 10.1. The van der Waals surface area contributed by atoms with Gasteiger partial charge in [0, 0.05) is 31.6 Å². The molecule has 0 aliphatic carbocycles. The molecule has 3 atom stereocenters. The van der Waals surface area contributed by atoms with Crippen molar-refractivity contribution in [1.29, 1.82) is 0 Å². The molecule has 2 fully saturated rings. The molecule has 1 aromatic rings. The Morgan fingerprint density at radius 3 is 2.62 bits per heavy atom. The molecule has 1 aromatic heterocycles. The van der Waals surface area contributed by atoms with E-state index in [4.69, 9.17) is 32.7 Å². The van der Waals surface area contributed by atoms with E-state index in [1.807, 2.05) is 0 Å². The van der Waals surface area contributed by atoms with Gasteiger partial charge < -0.3 is 19.3 Å². The molecule has 0 unspecified atom stereocenters. The van der Waals surface area contributed by atoms with Gasteiger partial charge in [0.25, 0.3) is 0 Å². The second-order valence-electron chi connectivity index (χ2n) is 7.43. The number of methoxy groups -OCH3 is 1. The third kappa shape index (κ3) is 6.02. The summed E-state index contributed by atoms with van der Waals surface area (Å²) in [4.78, 5) is 29.7. The van der Waals surface area contributed by atoms with Gasteiger partial charge in [-0.05, 0) is 25.5 Å². The number of ether oxygens (including phenoxy) is 2. The fourth-order valence-electron chi connectivity index (χ4n) is 3.64. The average molecular weight is 526 g/mol. The van der Waals surface area contributed by atoms with Crippen LogP contribution in [0.3, 0.4) is 0 Å². The van der Waals surface area contributed by atoms with Gasteiger partial charge in [-0.2, -0.15) is 4.72 Å². The molecule has 2 aliphatic rings. The second-order valence-corrected chi connectivity index (χ2v) is 11.1. The summed E-state index contributed by atoms with van der Waals surface area (Å²) in [5.74, 6) is -0.718. The molecule has 0 bridgehead atoms. The Morgan fingerprint density at radius 1 is 1.34 bits per heavy atom. The predicted molar refractivity (Wildman–Crippen MR) is 123 cm³/mol. The molecule has 32 heavy (non-hydrogen) atoms. The number of hydrogen-bond acceptors (Lipinski definition) is 7. The zero-order valence-electron chi connectivity index (χ0n) is 17.6. The largest absolute Gasteiger partial charge is 0.379 e. The molecule has 0 saturated carbocycles. The van der Waals surface area contributed by atoms with Gasteiger partial charge >= 0.3 is 0 Å². The van der Waals surface area contributed by atoms with Crippen LogP contribution in [0.25, 0.3) is 5.03 Å². The molecule has 1 N–H and O–H groups in total. The van der Waals surface area contributed by atoms with Crippen molar-refractivity contribution in [1.82, 2.24) is 14.5 Å². The third-order valence-corrected chi connectivity index (χ3v) is 8.32. The Kier molecular flexibility index (Phi) is 8.59. The molecule has 2 amide bonds. The maximum absolute atomic E-state index is 13.1. The molecular formula is C19H25Cl2N3O6S2. The van der Waals surface area contributed by atoms with E-state index in [1.165, 1.54) is 12.0 Å². The van der Waals surface area contributed by atoms with E-state index in [9.17, 15) is 18.0 Å². The molecule has 2 aliphatic heterocycles. The van der Waals surface area contributed by atoms with Gasteiger partial charge in [-0.25, -0.2) is 8.42 Å². The van der Waals surface area contributed by atoms with E-state index in [0.29, 0.717) is 35.5 Å². The second kappa shape index (κ2) is 10.8. The zero-order chi connectivity index (χ0) is 23.5. The van der Waals surface area contributed by atoms with E-state index in [1.54, 1.807) is 24.0 Å². The van der Waals surface area contributed by atoms with Gasteiger partial charge in [0.1, 0.15) is 12.1 Å². The Bertz CT molecular complexity index is 977. The number of rotatable bonds is 8. The Hall–Kier alpha value is -1.21. The minimum absolute atomic E-state index is 0.00919.